The molecule has 0 amide bonds. The van der Waals surface area contributed by atoms with E-state index in [-0.39, 0.29) is 0 Å². The molecule has 43 heavy (non-hydrogen) atoms. The van der Waals surface area contributed by atoms with Crippen LogP contribution in [0.4, 0.5) is 0 Å². The van der Waals surface area contributed by atoms with E-state index in [1.54, 1.807) is 0 Å². The lowest BCUT2D eigenvalue weighted by Crippen LogP contribution is -1.95. The minimum absolute atomic E-state index is 0.914. The number of fused-ring (bicyclic) bond motifs is 14. The summed E-state index contributed by atoms with van der Waals surface area (Å²) in [5.41, 5.74) is 8.87. The zero-order valence-corrected chi connectivity index (χ0v) is 23.0. The first-order chi connectivity index (χ1) is 21.4. The van der Waals surface area contributed by atoms with Crippen LogP contribution < -0.4 is 0 Å². The van der Waals surface area contributed by atoms with Gasteiger partial charge in [0.1, 0.15) is 11.3 Å². The number of pyridine rings is 2. The van der Waals surface area contributed by atoms with Gasteiger partial charge in [-0.3, -0.25) is 4.40 Å². The van der Waals surface area contributed by atoms with Gasteiger partial charge in [0.25, 0.3) is 0 Å². The monoisotopic (exact) mass is 549 g/mol. The highest BCUT2D eigenvalue weighted by molar-refractivity contribution is 6.34. The molecule has 0 aliphatic carbocycles. The number of aromatic nitrogens is 5. The fourth-order valence-electron chi connectivity index (χ4n) is 7.27. The van der Waals surface area contributed by atoms with Crippen molar-refractivity contribution < 1.29 is 0 Å². The van der Waals surface area contributed by atoms with Gasteiger partial charge < -0.3 is 9.13 Å². The smallest absolute Gasteiger partial charge is 0.146 e. The summed E-state index contributed by atoms with van der Waals surface area (Å²) in [5, 5.41) is 8.34. The summed E-state index contributed by atoms with van der Waals surface area (Å²) >= 11 is 0. The Labute approximate surface area is 245 Å². The second-order valence-corrected chi connectivity index (χ2v) is 11.1. The van der Waals surface area contributed by atoms with Crippen LogP contribution in [0.15, 0.2) is 140 Å². The maximum Gasteiger partial charge on any atom is 0.146 e. The number of nitrogens with zero attached hydrogens (tertiary/aromatic N) is 5. The summed E-state index contributed by atoms with van der Waals surface area (Å²) in [6, 6.07) is 43.5. The molecule has 0 saturated heterocycles. The van der Waals surface area contributed by atoms with Gasteiger partial charge in [-0.15, -0.1) is 0 Å². The third kappa shape index (κ3) is 2.90. The Hall–Kier alpha value is -5.94. The van der Waals surface area contributed by atoms with Crippen LogP contribution in [-0.2, 0) is 0 Å². The Morgan fingerprint density at radius 2 is 1.00 bits per heavy atom. The van der Waals surface area contributed by atoms with E-state index in [1.165, 1.54) is 49.0 Å². The van der Waals surface area contributed by atoms with Gasteiger partial charge in [0, 0.05) is 67.7 Å². The minimum atomic E-state index is 0.914. The van der Waals surface area contributed by atoms with Crippen molar-refractivity contribution in [1.29, 1.82) is 0 Å². The third-order valence-electron chi connectivity index (χ3n) is 8.92. The summed E-state index contributed by atoms with van der Waals surface area (Å²) < 4.78 is 6.94. The van der Waals surface area contributed by atoms with Gasteiger partial charge in [-0.25, -0.2) is 9.97 Å². The van der Waals surface area contributed by atoms with Crippen molar-refractivity contribution in [2.45, 2.75) is 0 Å². The first kappa shape index (κ1) is 22.7. The van der Waals surface area contributed by atoms with Gasteiger partial charge in [0.15, 0.2) is 0 Å². The lowest BCUT2D eigenvalue weighted by molar-refractivity contribution is 1.17. The third-order valence-corrected chi connectivity index (χ3v) is 8.92. The summed E-state index contributed by atoms with van der Waals surface area (Å²) in [7, 11) is 0. The second-order valence-electron chi connectivity index (χ2n) is 11.1. The Kier molecular flexibility index (Phi) is 4.39. The summed E-state index contributed by atoms with van der Waals surface area (Å²) in [6.45, 7) is 0. The zero-order chi connectivity index (χ0) is 28.1. The largest absolute Gasteiger partial charge is 0.309 e. The molecule has 5 nitrogen and oxygen atoms in total. The molecule has 0 N–H and O–H groups in total. The van der Waals surface area contributed by atoms with Crippen LogP contribution in [0.3, 0.4) is 0 Å². The molecule has 0 aliphatic rings. The average Bonchev–Trinajstić information content (AvgIpc) is 3.78. The fourth-order valence-corrected chi connectivity index (χ4v) is 7.27. The number of hydrogen-bond donors (Lipinski definition) is 0. The predicted octanol–water partition coefficient (Wildman–Crippen LogP) is 9.23. The molecule has 0 saturated carbocycles. The van der Waals surface area contributed by atoms with Crippen LogP contribution in [0.2, 0.25) is 0 Å². The first-order valence-electron chi connectivity index (χ1n) is 14.5. The number of imidazole rings is 1. The van der Waals surface area contributed by atoms with Gasteiger partial charge in [-0.2, -0.15) is 0 Å². The van der Waals surface area contributed by atoms with Crippen LogP contribution in [0.5, 0.6) is 0 Å². The number of hydrogen-bond acceptors (Lipinski definition) is 2. The molecule has 5 aromatic carbocycles. The van der Waals surface area contributed by atoms with Crippen LogP contribution in [0, 0.1) is 0 Å². The molecule has 0 aliphatic heterocycles. The Balaban J connectivity index is 1.52. The molecule has 5 heterocycles. The van der Waals surface area contributed by atoms with Gasteiger partial charge in [0.2, 0.25) is 0 Å². The number of benzene rings is 5. The fraction of sp³-hybridized carbons (Fsp3) is 0. The molecule has 10 rings (SSSR count). The SMILES string of the molecule is c1ccc(-n2c3ccccc3c3c2ccc2c4c5c6cccnc6n6ccnc6c5ccc4n(-c4ccccc4)c23)cc1. The van der Waals surface area contributed by atoms with E-state index in [4.69, 9.17) is 9.97 Å². The summed E-state index contributed by atoms with van der Waals surface area (Å²) in [4.78, 5) is 9.61. The van der Waals surface area contributed by atoms with Crippen LogP contribution in [-0.4, -0.2) is 23.5 Å². The summed E-state index contributed by atoms with van der Waals surface area (Å²) in [5.74, 6) is 0. The van der Waals surface area contributed by atoms with Crippen LogP contribution in [0.1, 0.15) is 0 Å². The van der Waals surface area contributed by atoms with Gasteiger partial charge in [-0.05, 0) is 60.7 Å². The molecule has 10 aromatic rings. The maximum absolute atomic E-state index is 4.82. The van der Waals surface area contributed by atoms with E-state index in [0.29, 0.717) is 0 Å². The average molecular weight is 550 g/mol. The molecule has 0 unspecified atom stereocenters. The van der Waals surface area contributed by atoms with Crippen molar-refractivity contribution in [1.82, 2.24) is 23.5 Å². The highest BCUT2D eigenvalue weighted by atomic mass is 15.0. The standard InChI is InChI=1S/C38H23N5/c1-3-10-24(11-4-1)42-30-16-8-7-14-26(30)35-32(42)19-17-27-34-31(43(36(27)35)25-12-5-2-6-13-25)20-18-29-33(34)28-15-9-21-39-37(28)41-23-22-40-38(29)41/h1-23H. The Morgan fingerprint density at radius 1 is 0.395 bits per heavy atom. The highest BCUT2D eigenvalue weighted by Gasteiger charge is 2.23. The predicted molar refractivity (Wildman–Crippen MR) is 177 cm³/mol. The van der Waals surface area contributed by atoms with E-state index >= 15 is 0 Å². The molecule has 0 spiro atoms. The molecule has 0 fully saturated rings. The van der Waals surface area contributed by atoms with Crippen molar-refractivity contribution in [3.63, 3.8) is 0 Å². The van der Waals surface area contributed by atoms with Crippen LogP contribution >= 0.6 is 0 Å². The molecule has 0 atom stereocenters. The normalized spacial score (nSPS) is 12.2. The Bertz CT molecular complexity index is 2710. The quantitative estimate of drug-likeness (QED) is 0.202. The number of para-hydroxylation sites is 3. The number of rotatable bonds is 2. The second kappa shape index (κ2) is 8.30. The van der Waals surface area contributed by atoms with Crippen molar-refractivity contribution in [2.75, 3.05) is 0 Å². The molecular weight excluding hydrogens is 526 g/mol. The van der Waals surface area contributed by atoms with Crippen molar-refractivity contribution in [3.8, 4) is 11.4 Å². The lowest BCUT2D eigenvalue weighted by atomic mass is 10.0. The van der Waals surface area contributed by atoms with E-state index < -0.39 is 0 Å². The van der Waals surface area contributed by atoms with E-state index in [2.05, 4.69) is 129 Å². The molecule has 0 radical (unpaired) electrons. The molecule has 5 heteroatoms. The zero-order valence-electron chi connectivity index (χ0n) is 23.0. The van der Waals surface area contributed by atoms with E-state index in [0.717, 1.165) is 33.4 Å². The Morgan fingerprint density at radius 3 is 1.79 bits per heavy atom. The topological polar surface area (TPSA) is 40.1 Å². The van der Waals surface area contributed by atoms with E-state index in [1.807, 2.05) is 24.7 Å². The summed E-state index contributed by atoms with van der Waals surface area (Å²) in [6.07, 6.45) is 5.73. The van der Waals surface area contributed by atoms with Crippen molar-refractivity contribution in [3.05, 3.63) is 140 Å². The van der Waals surface area contributed by atoms with Gasteiger partial charge >= 0.3 is 0 Å². The van der Waals surface area contributed by atoms with Gasteiger partial charge in [0.05, 0.1) is 22.1 Å². The maximum atomic E-state index is 4.82. The van der Waals surface area contributed by atoms with Gasteiger partial charge in [-0.1, -0.05) is 60.7 Å². The van der Waals surface area contributed by atoms with Crippen molar-refractivity contribution in [2.24, 2.45) is 0 Å². The first-order valence-corrected chi connectivity index (χ1v) is 14.5. The minimum Gasteiger partial charge on any atom is -0.309 e. The molecule has 0 bridgehead atoms. The van der Waals surface area contributed by atoms with Crippen molar-refractivity contribution >= 4 is 71.1 Å². The van der Waals surface area contributed by atoms with E-state index in [9.17, 15) is 0 Å². The highest BCUT2D eigenvalue weighted by Crippen LogP contribution is 2.45. The molecule has 5 aromatic heterocycles. The molecular formula is C38H23N5. The molecule has 200 valence electrons. The van der Waals surface area contributed by atoms with Crippen LogP contribution in [0.25, 0.3) is 82.4 Å². The lowest BCUT2D eigenvalue weighted by Gasteiger charge is -2.11.